The van der Waals surface area contributed by atoms with Crippen molar-refractivity contribution in [1.29, 1.82) is 0 Å². The second kappa shape index (κ2) is 5.64. The zero-order chi connectivity index (χ0) is 14.8. The number of rotatable bonds is 2. The second-order valence-electron chi connectivity index (χ2n) is 5.90. The van der Waals surface area contributed by atoms with Crippen molar-refractivity contribution in [3.63, 3.8) is 0 Å². The molecule has 1 saturated heterocycles. The Morgan fingerprint density at radius 3 is 2.95 bits per heavy atom. The number of halogens is 1. The molecule has 1 aromatic heterocycles. The van der Waals surface area contributed by atoms with Gasteiger partial charge >= 0.3 is 6.09 Å². The van der Waals surface area contributed by atoms with Crippen LogP contribution in [0, 0.1) is 5.95 Å². The van der Waals surface area contributed by atoms with Crippen molar-refractivity contribution in [2.75, 3.05) is 18.4 Å². The maximum absolute atomic E-state index is 13.4. The van der Waals surface area contributed by atoms with Gasteiger partial charge < -0.3 is 15.0 Å². The maximum Gasteiger partial charge on any atom is 0.410 e. The predicted molar refractivity (Wildman–Crippen MR) is 74.0 cm³/mol. The molecule has 5 nitrogen and oxygen atoms in total. The Labute approximate surface area is 118 Å². The van der Waals surface area contributed by atoms with Crippen LogP contribution in [0.2, 0.25) is 0 Å². The number of pyridine rings is 1. The van der Waals surface area contributed by atoms with Crippen LogP contribution in [-0.2, 0) is 4.74 Å². The van der Waals surface area contributed by atoms with Gasteiger partial charge in [-0.1, -0.05) is 0 Å². The van der Waals surface area contributed by atoms with Crippen LogP contribution in [0.15, 0.2) is 18.3 Å². The summed E-state index contributed by atoms with van der Waals surface area (Å²) in [6.45, 7) is 6.61. The van der Waals surface area contributed by atoms with Crippen molar-refractivity contribution in [2.24, 2.45) is 0 Å². The number of hydrogen-bond acceptors (Lipinski definition) is 4. The minimum Gasteiger partial charge on any atom is -0.444 e. The molecule has 1 fully saturated rings. The zero-order valence-corrected chi connectivity index (χ0v) is 12.0. The van der Waals surface area contributed by atoms with E-state index in [1.807, 2.05) is 20.8 Å². The van der Waals surface area contributed by atoms with E-state index in [-0.39, 0.29) is 12.1 Å². The Morgan fingerprint density at radius 2 is 2.30 bits per heavy atom. The molecule has 1 unspecified atom stereocenters. The van der Waals surface area contributed by atoms with Crippen molar-refractivity contribution in [3.05, 3.63) is 24.3 Å². The highest BCUT2D eigenvalue weighted by Gasteiger charge is 2.30. The number of aromatic nitrogens is 1. The number of ether oxygens (including phenoxy) is 1. The Morgan fingerprint density at radius 1 is 1.55 bits per heavy atom. The molecule has 0 aromatic carbocycles. The van der Waals surface area contributed by atoms with E-state index < -0.39 is 11.5 Å². The van der Waals surface area contributed by atoms with Gasteiger partial charge in [0, 0.05) is 25.3 Å². The molecule has 0 saturated carbocycles. The number of likely N-dealkylation sites (tertiary alicyclic amines) is 1. The normalized spacial score (nSPS) is 19.0. The van der Waals surface area contributed by atoms with Gasteiger partial charge in [-0.25, -0.2) is 9.78 Å². The fourth-order valence-electron chi connectivity index (χ4n) is 2.08. The van der Waals surface area contributed by atoms with E-state index in [0.717, 1.165) is 6.42 Å². The fraction of sp³-hybridized carbons (Fsp3) is 0.571. The summed E-state index contributed by atoms with van der Waals surface area (Å²) in [7, 11) is 0. The molecule has 1 aliphatic heterocycles. The largest absolute Gasteiger partial charge is 0.444 e. The Balaban J connectivity index is 1.90. The molecule has 6 heteroatoms. The van der Waals surface area contributed by atoms with Crippen molar-refractivity contribution < 1.29 is 13.9 Å². The summed E-state index contributed by atoms with van der Waals surface area (Å²) in [5.74, 6) is -0.525. The van der Waals surface area contributed by atoms with Gasteiger partial charge in [0.1, 0.15) is 5.60 Å². The predicted octanol–water partition coefficient (Wildman–Crippen LogP) is 2.64. The summed E-state index contributed by atoms with van der Waals surface area (Å²) in [4.78, 5) is 17.1. The first kappa shape index (κ1) is 14.6. The molecule has 20 heavy (non-hydrogen) atoms. The lowest BCUT2D eigenvalue weighted by Gasteiger charge is -2.24. The Kier molecular flexibility index (Phi) is 4.11. The van der Waals surface area contributed by atoms with Crippen LogP contribution in [0.25, 0.3) is 0 Å². The molecule has 0 radical (unpaired) electrons. The van der Waals surface area contributed by atoms with Crippen LogP contribution in [0.3, 0.4) is 0 Å². The summed E-state index contributed by atoms with van der Waals surface area (Å²) >= 11 is 0. The summed E-state index contributed by atoms with van der Waals surface area (Å²) in [5.41, 5.74) is -0.138. The highest BCUT2D eigenvalue weighted by atomic mass is 19.1. The highest BCUT2D eigenvalue weighted by Crippen LogP contribution is 2.19. The van der Waals surface area contributed by atoms with Gasteiger partial charge in [0.15, 0.2) is 0 Å². The van der Waals surface area contributed by atoms with E-state index in [9.17, 15) is 9.18 Å². The first-order valence-electron chi connectivity index (χ1n) is 6.70. The molecule has 1 atom stereocenters. The van der Waals surface area contributed by atoms with Crippen molar-refractivity contribution in [1.82, 2.24) is 9.88 Å². The van der Waals surface area contributed by atoms with Crippen LogP contribution in [-0.4, -0.2) is 40.7 Å². The van der Waals surface area contributed by atoms with E-state index in [1.54, 1.807) is 17.0 Å². The standard InChI is InChI=1S/C14H20FN3O2/c1-14(2,3)20-13(19)18-8-6-10(9-18)17-11-5-4-7-16-12(11)15/h4-5,7,10,17H,6,8-9H2,1-3H3. The summed E-state index contributed by atoms with van der Waals surface area (Å²) in [5, 5.41) is 3.07. The van der Waals surface area contributed by atoms with E-state index in [4.69, 9.17) is 4.74 Å². The molecule has 1 aliphatic rings. The van der Waals surface area contributed by atoms with Crippen molar-refractivity contribution >= 4 is 11.8 Å². The third-order valence-corrected chi connectivity index (χ3v) is 2.96. The molecule has 0 spiro atoms. The molecule has 0 aliphatic carbocycles. The van der Waals surface area contributed by atoms with Gasteiger partial charge in [-0.3, -0.25) is 0 Å². The minimum atomic E-state index is -0.525. The zero-order valence-electron chi connectivity index (χ0n) is 12.0. The Bertz CT molecular complexity index is 488. The second-order valence-corrected chi connectivity index (χ2v) is 5.90. The fourth-order valence-corrected chi connectivity index (χ4v) is 2.08. The first-order valence-corrected chi connectivity index (χ1v) is 6.70. The van der Waals surface area contributed by atoms with Gasteiger partial charge in [0.05, 0.1) is 5.69 Å². The third-order valence-electron chi connectivity index (χ3n) is 2.96. The number of carbonyl (C=O) groups is 1. The molecule has 1 amide bonds. The van der Waals surface area contributed by atoms with Gasteiger partial charge in [0.2, 0.25) is 5.95 Å². The molecule has 1 aromatic rings. The number of anilines is 1. The van der Waals surface area contributed by atoms with E-state index >= 15 is 0 Å². The average molecular weight is 281 g/mol. The Hall–Kier alpha value is -1.85. The van der Waals surface area contributed by atoms with Gasteiger partial charge in [-0.2, -0.15) is 4.39 Å². The molecule has 2 heterocycles. The van der Waals surface area contributed by atoms with Gasteiger partial charge in [-0.05, 0) is 39.3 Å². The van der Waals surface area contributed by atoms with Crippen molar-refractivity contribution in [3.8, 4) is 0 Å². The summed E-state index contributed by atoms with van der Waals surface area (Å²) < 4.78 is 18.8. The molecule has 0 bridgehead atoms. The van der Waals surface area contributed by atoms with Crippen LogP contribution in [0.5, 0.6) is 0 Å². The van der Waals surface area contributed by atoms with E-state index in [2.05, 4.69) is 10.3 Å². The van der Waals surface area contributed by atoms with Crippen LogP contribution >= 0.6 is 0 Å². The van der Waals surface area contributed by atoms with Crippen LogP contribution < -0.4 is 5.32 Å². The monoisotopic (exact) mass is 281 g/mol. The number of nitrogens with one attached hydrogen (secondary N) is 1. The SMILES string of the molecule is CC(C)(C)OC(=O)N1CCC(Nc2cccnc2F)C1. The van der Waals surface area contributed by atoms with Gasteiger partial charge in [0.25, 0.3) is 0 Å². The third kappa shape index (κ3) is 3.82. The van der Waals surface area contributed by atoms with Crippen LogP contribution in [0.4, 0.5) is 14.9 Å². The molecule has 110 valence electrons. The van der Waals surface area contributed by atoms with Gasteiger partial charge in [-0.15, -0.1) is 0 Å². The minimum absolute atomic E-state index is 0.0150. The first-order chi connectivity index (χ1) is 9.35. The van der Waals surface area contributed by atoms with Crippen LogP contribution in [0.1, 0.15) is 27.2 Å². The molecular weight excluding hydrogens is 261 g/mol. The molecule has 2 rings (SSSR count). The van der Waals surface area contributed by atoms with E-state index in [0.29, 0.717) is 18.8 Å². The lowest BCUT2D eigenvalue weighted by molar-refractivity contribution is 0.0293. The lowest BCUT2D eigenvalue weighted by atomic mass is 10.2. The average Bonchev–Trinajstić information content (AvgIpc) is 2.79. The summed E-state index contributed by atoms with van der Waals surface area (Å²) in [6.07, 6.45) is 1.84. The van der Waals surface area contributed by atoms with E-state index in [1.165, 1.54) is 6.20 Å². The molecule has 1 N–H and O–H groups in total. The number of carbonyl (C=O) groups excluding carboxylic acids is 1. The number of amides is 1. The lowest BCUT2D eigenvalue weighted by Crippen LogP contribution is -2.36. The summed E-state index contributed by atoms with van der Waals surface area (Å²) in [6, 6.07) is 3.33. The number of nitrogens with zero attached hydrogens (tertiary/aromatic N) is 2. The highest BCUT2D eigenvalue weighted by molar-refractivity contribution is 5.68. The topological polar surface area (TPSA) is 54.5 Å². The maximum atomic E-state index is 13.4. The molecular formula is C14H20FN3O2. The quantitative estimate of drug-likeness (QED) is 0.847. The smallest absolute Gasteiger partial charge is 0.410 e. The van der Waals surface area contributed by atoms with Crippen molar-refractivity contribution in [2.45, 2.75) is 38.8 Å². The number of hydrogen-bond donors (Lipinski definition) is 1.